The van der Waals surface area contributed by atoms with Gasteiger partial charge in [-0.2, -0.15) is 0 Å². The van der Waals surface area contributed by atoms with E-state index >= 15 is 0 Å². The highest BCUT2D eigenvalue weighted by molar-refractivity contribution is 9.11. The van der Waals surface area contributed by atoms with Gasteiger partial charge in [0.25, 0.3) is 0 Å². The van der Waals surface area contributed by atoms with E-state index in [9.17, 15) is 10.1 Å². The van der Waals surface area contributed by atoms with Gasteiger partial charge in [-0.25, -0.2) is 0 Å². The Hall–Kier alpha value is -0.820. The van der Waals surface area contributed by atoms with Gasteiger partial charge in [-0.3, -0.25) is 10.1 Å². The minimum Gasteiger partial charge on any atom is -0.378 e. The first-order valence-corrected chi connectivity index (χ1v) is 6.29. The van der Waals surface area contributed by atoms with Crippen LogP contribution in [0, 0.1) is 16.0 Å². The van der Waals surface area contributed by atoms with Gasteiger partial charge in [-0.1, -0.05) is 0 Å². The van der Waals surface area contributed by atoms with Gasteiger partial charge in [0.1, 0.15) is 0 Å². The van der Waals surface area contributed by atoms with Crippen molar-refractivity contribution in [2.24, 2.45) is 5.92 Å². The zero-order valence-corrected chi connectivity index (χ0v) is 11.9. The number of nitrogens with one attached hydrogen (secondary N) is 1. The van der Waals surface area contributed by atoms with E-state index < -0.39 is 4.92 Å². The van der Waals surface area contributed by atoms with E-state index in [1.54, 1.807) is 7.05 Å². The van der Waals surface area contributed by atoms with Gasteiger partial charge in [-0.15, -0.1) is 0 Å². The van der Waals surface area contributed by atoms with Gasteiger partial charge in [0.2, 0.25) is 0 Å². The summed E-state index contributed by atoms with van der Waals surface area (Å²) in [5, 5.41) is 13.5. The molecule has 0 bridgehead atoms. The molecule has 0 saturated carbocycles. The van der Waals surface area contributed by atoms with E-state index in [-0.39, 0.29) is 10.7 Å². The minimum absolute atomic E-state index is 0.0468. The molecule has 0 amide bonds. The van der Waals surface area contributed by atoms with E-state index in [4.69, 9.17) is 4.74 Å². The van der Waals surface area contributed by atoms with Crippen molar-refractivity contribution >= 4 is 15.9 Å². The van der Waals surface area contributed by atoms with E-state index in [1.807, 2.05) is 18.9 Å². The summed E-state index contributed by atoms with van der Waals surface area (Å²) in [4.78, 5) is 12.1. The maximum Gasteiger partial charge on any atom is 0.350 e. The van der Waals surface area contributed by atoms with Crippen LogP contribution in [-0.4, -0.2) is 43.2 Å². The molecule has 1 aliphatic rings. The molecular formula is C10H18BrN3O3. The predicted octanol–water partition coefficient (Wildman–Crippen LogP) is 1.36. The maximum absolute atomic E-state index is 10.7. The molecule has 1 aliphatic heterocycles. The van der Waals surface area contributed by atoms with Crippen LogP contribution in [0.5, 0.6) is 0 Å². The van der Waals surface area contributed by atoms with E-state index in [1.165, 1.54) is 0 Å². The van der Waals surface area contributed by atoms with E-state index in [0.717, 1.165) is 19.6 Å². The third-order valence-electron chi connectivity index (χ3n) is 2.79. The molecule has 1 fully saturated rings. The fourth-order valence-corrected chi connectivity index (χ4v) is 2.55. The normalized spacial score (nSPS) is 25.4. The number of rotatable bonds is 5. The topological polar surface area (TPSA) is 67.6 Å². The smallest absolute Gasteiger partial charge is 0.350 e. The number of halogens is 1. The SMILES string of the molecule is CNC(=C(Br)[N+](=O)[O-])N(C)CC1COC(C)C1. The van der Waals surface area contributed by atoms with Gasteiger partial charge in [-0.05, 0) is 13.3 Å². The van der Waals surface area contributed by atoms with Crippen molar-refractivity contribution in [1.82, 2.24) is 10.2 Å². The molecule has 0 aliphatic carbocycles. The van der Waals surface area contributed by atoms with Crippen LogP contribution < -0.4 is 5.32 Å². The second-order valence-corrected chi connectivity index (χ2v) is 5.02. The third kappa shape index (κ3) is 3.85. The molecule has 0 spiro atoms. The van der Waals surface area contributed by atoms with Crippen molar-refractivity contribution < 1.29 is 9.66 Å². The summed E-state index contributed by atoms with van der Waals surface area (Å²) in [6.45, 7) is 3.50. The summed E-state index contributed by atoms with van der Waals surface area (Å²) in [6, 6.07) is 0. The Morgan fingerprint density at radius 3 is 2.76 bits per heavy atom. The number of hydrogen-bond donors (Lipinski definition) is 1. The van der Waals surface area contributed by atoms with E-state index in [0.29, 0.717) is 11.7 Å². The van der Waals surface area contributed by atoms with Gasteiger partial charge in [0, 0.05) is 42.5 Å². The highest BCUT2D eigenvalue weighted by Crippen LogP contribution is 2.22. The fraction of sp³-hybridized carbons (Fsp3) is 0.800. The molecule has 6 nitrogen and oxygen atoms in total. The maximum atomic E-state index is 10.7. The average molecular weight is 308 g/mol. The van der Waals surface area contributed by atoms with E-state index in [2.05, 4.69) is 21.2 Å². The largest absolute Gasteiger partial charge is 0.378 e. The molecule has 2 atom stereocenters. The molecular weight excluding hydrogens is 290 g/mol. The molecule has 0 aromatic heterocycles. The highest BCUT2D eigenvalue weighted by Gasteiger charge is 2.26. The van der Waals surface area contributed by atoms with Crippen LogP contribution in [0.2, 0.25) is 0 Å². The van der Waals surface area contributed by atoms with Crippen LogP contribution in [0.4, 0.5) is 0 Å². The lowest BCUT2D eigenvalue weighted by Crippen LogP contribution is -2.32. The molecule has 1 rings (SSSR count). The van der Waals surface area contributed by atoms with Gasteiger partial charge in [0.05, 0.1) is 17.6 Å². The summed E-state index contributed by atoms with van der Waals surface area (Å²) in [5.41, 5.74) is 0. The monoisotopic (exact) mass is 307 g/mol. The summed E-state index contributed by atoms with van der Waals surface area (Å²) < 4.78 is 5.43. The first-order chi connectivity index (χ1) is 7.95. The Balaban J connectivity index is 2.64. The molecule has 1 N–H and O–H groups in total. The Labute approximate surface area is 109 Å². The zero-order chi connectivity index (χ0) is 13.0. The lowest BCUT2D eigenvalue weighted by molar-refractivity contribution is -0.411. The van der Waals surface area contributed by atoms with Crippen molar-refractivity contribution in [2.45, 2.75) is 19.4 Å². The fourth-order valence-electron chi connectivity index (χ4n) is 2.05. The van der Waals surface area contributed by atoms with Crippen molar-refractivity contribution in [3.63, 3.8) is 0 Å². The van der Waals surface area contributed by atoms with Crippen LogP contribution in [0.3, 0.4) is 0 Å². The van der Waals surface area contributed by atoms with Gasteiger partial charge in [0.15, 0.2) is 5.82 Å². The van der Waals surface area contributed by atoms with Crippen LogP contribution in [-0.2, 0) is 4.74 Å². The molecule has 2 unspecified atom stereocenters. The highest BCUT2D eigenvalue weighted by atomic mass is 79.9. The van der Waals surface area contributed by atoms with Crippen LogP contribution >= 0.6 is 15.9 Å². The number of nitrogens with zero attached hydrogens (tertiary/aromatic N) is 2. The molecule has 1 heterocycles. The summed E-state index contributed by atoms with van der Waals surface area (Å²) >= 11 is 2.98. The zero-order valence-electron chi connectivity index (χ0n) is 10.3. The Morgan fingerprint density at radius 1 is 1.71 bits per heavy atom. The van der Waals surface area contributed by atoms with Crippen LogP contribution in [0.25, 0.3) is 0 Å². The molecule has 98 valence electrons. The average Bonchev–Trinajstić information content (AvgIpc) is 2.64. The molecule has 7 heteroatoms. The quantitative estimate of drug-likeness (QED) is 0.472. The van der Waals surface area contributed by atoms with Crippen molar-refractivity contribution in [2.75, 3.05) is 27.2 Å². The van der Waals surface area contributed by atoms with Crippen molar-refractivity contribution in [3.05, 3.63) is 20.5 Å². The van der Waals surface area contributed by atoms with Crippen LogP contribution in [0.15, 0.2) is 10.4 Å². The molecule has 0 radical (unpaired) electrons. The van der Waals surface area contributed by atoms with Crippen molar-refractivity contribution in [1.29, 1.82) is 0 Å². The summed E-state index contributed by atoms with van der Waals surface area (Å²) in [5.74, 6) is 0.903. The Morgan fingerprint density at radius 2 is 2.35 bits per heavy atom. The molecule has 0 aromatic carbocycles. The molecule has 1 saturated heterocycles. The number of ether oxygens (including phenoxy) is 1. The second kappa shape index (κ2) is 6.20. The Bertz CT molecular complexity index is 322. The minimum atomic E-state index is -0.448. The molecule has 17 heavy (non-hydrogen) atoms. The second-order valence-electron chi connectivity index (χ2n) is 4.27. The first-order valence-electron chi connectivity index (χ1n) is 5.50. The van der Waals surface area contributed by atoms with Crippen LogP contribution in [0.1, 0.15) is 13.3 Å². The Kier molecular flexibility index (Phi) is 5.20. The summed E-state index contributed by atoms with van der Waals surface area (Å²) in [6.07, 6.45) is 1.28. The van der Waals surface area contributed by atoms with Gasteiger partial charge >= 0.3 is 4.61 Å². The summed E-state index contributed by atoms with van der Waals surface area (Å²) in [7, 11) is 3.50. The number of hydrogen-bond acceptors (Lipinski definition) is 5. The lowest BCUT2D eigenvalue weighted by Gasteiger charge is -2.23. The first kappa shape index (κ1) is 14.2. The van der Waals surface area contributed by atoms with Gasteiger partial charge < -0.3 is 15.0 Å². The molecule has 0 aromatic rings. The third-order valence-corrected chi connectivity index (χ3v) is 3.45. The predicted molar refractivity (Wildman–Crippen MR) is 68.2 cm³/mol. The standard InChI is InChI=1S/C10H18BrN3O3/c1-7-4-8(6-17-7)5-13(3)10(12-2)9(11)14(15)16/h7-8,12H,4-6H2,1-3H3. The number of nitro groups is 1. The lowest BCUT2D eigenvalue weighted by atomic mass is 10.1. The van der Waals surface area contributed by atoms with Crippen molar-refractivity contribution in [3.8, 4) is 0 Å².